The minimum absolute atomic E-state index is 0.0624. The van der Waals surface area contributed by atoms with Gasteiger partial charge >= 0.3 is 12.1 Å². The van der Waals surface area contributed by atoms with Gasteiger partial charge in [-0.05, 0) is 30.7 Å². The summed E-state index contributed by atoms with van der Waals surface area (Å²) in [4.78, 5) is 12.3. The molecule has 1 aliphatic heterocycles. The Balaban J connectivity index is 1.60. The highest BCUT2D eigenvalue weighted by Gasteiger charge is 2.36. The SMILES string of the molecule is CCCCCC(COC(=O)c1ccc(C(F)(F)Oc2cc(F)c(F)c(F)c2)cc1)C1CO1. The van der Waals surface area contributed by atoms with Crippen molar-refractivity contribution in [2.24, 2.45) is 5.92 Å². The van der Waals surface area contributed by atoms with Gasteiger partial charge in [-0.2, -0.15) is 8.78 Å². The van der Waals surface area contributed by atoms with Crippen LogP contribution in [0.4, 0.5) is 22.0 Å². The summed E-state index contributed by atoms with van der Waals surface area (Å²) >= 11 is 0. The molecule has 0 amide bonds. The van der Waals surface area contributed by atoms with Crippen LogP contribution < -0.4 is 4.74 Å². The fourth-order valence-corrected chi connectivity index (χ4v) is 3.23. The highest BCUT2D eigenvalue weighted by molar-refractivity contribution is 5.89. The predicted octanol–water partition coefficient (Wildman–Crippen LogP) is 5.98. The van der Waals surface area contributed by atoms with E-state index in [9.17, 15) is 26.7 Å². The van der Waals surface area contributed by atoms with E-state index in [1.807, 2.05) is 0 Å². The summed E-state index contributed by atoms with van der Waals surface area (Å²) in [5.74, 6) is -6.55. The summed E-state index contributed by atoms with van der Waals surface area (Å²) in [6.07, 6.45) is 0.130. The van der Waals surface area contributed by atoms with E-state index in [2.05, 4.69) is 11.7 Å². The second kappa shape index (κ2) is 10.3. The van der Waals surface area contributed by atoms with Crippen LogP contribution in [-0.4, -0.2) is 25.3 Å². The lowest BCUT2D eigenvalue weighted by molar-refractivity contribution is -0.185. The molecule has 174 valence electrons. The summed E-state index contributed by atoms with van der Waals surface area (Å²) in [7, 11) is 0. The normalized spacial score (nSPS) is 16.5. The molecule has 1 aliphatic rings. The number of carbonyl (C=O) groups is 1. The zero-order valence-corrected chi connectivity index (χ0v) is 17.4. The molecule has 2 aromatic carbocycles. The van der Waals surface area contributed by atoms with E-state index in [-0.39, 0.29) is 24.2 Å². The lowest BCUT2D eigenvalue weighted by Gasteiger charge is -2.19. The molecule has 0 spiro atoms. The lowest BCUT2D eigenvalue weighted by Crippen LogP contribution is -2.22. The fraction of sp³-hybridized carbons (Fsp3) is 0.435. The minimum atomic E-state index is -3.98. The first-order valence-electron chi connectivity index (χ1n) is 10.3. The van der Waals surface area contributed by atoms with Gasteiger partial charge in [-0.25, -0.2) is 18.0 Å². The number of carbonyl (C=O) groups excluding carboxylic acids is 1. The number of esters is 1. The van der Waals surface area contributed by atoms with Crippen molar-refractivity contribution >= 4 is 5.97 Å². The van der Waals surface area contributed by atoms with Crippen LogP contribution in [0.25, 0.3) is 0 Å². The molecule has 32 heavy (non-hydrogen) atoms. The van der Waals surface area contributed by atoms with Crippen LogP contribution in [-0.2, 0) is 15.6 Å². The van der Waals surface area contributed by atoms with Crippen LogP contribution in [0.1, 0.15) is 48.5 Å². The average Bonchev–Trinajstić information content (AvgIpc) is 3.59. The van der Waals surface area contributed by atoms with Gasteiger partial charge in [0.1, 0.15) is 5.75 Å². The van der Waals surface area contributed by atoms with Gasteiger partial charge in [0.05, 0.1) is 30.4 Å². The second-order valence-electron chi connectivity index (χ2n) is 7.62. The lowest BCUT2D eigenvalue weighted by atomic mass is 9.99. The molecule has 0 N–H and O–H groups in total. The van der Waals surface area contributed by atoms with E-state index in [0.29, 0.717) is 18.7 Å². The second-order valence-corrected chi connectivity index (χ2v) is 7.62. The van der Waals surface area contributed by atoms with Crippen molar-refractivity contribution in [3.05, 3.63) is 65.0 Å². The molecule has 4 nitrogen and oxygen atoms in total. The van der Waals surface area contributed by atoms with Gasteiger partial charge in [0, 0.05) is 18.1 Å². The minimum Gasteiger partial charge on any atom is -0.462 e. The number of benzene rings is 2. The van der Waals surface area contributed by atoms with Gasteiger partial charge in [-0.15, -0.1) is 0 Å². The Morgan fingerprint density at radius 2 is 1.75 bits per heavy atom. The van der Waals surface area contributed by atoms with Crippen molar-refractivity contribution in [3.63, 3.8) is 0 Å². The number of alkyl halides is 2. The molecular weight excluding hydrogens is 435 g/mol. The first kappa shape index (κ1) is 24.0. The van der Waals surface area contributed by atoms with Gasteiger partial charge in [0.25, 0.3) is 0 Å². The first-order valence-corrected chi connectivity index (χ1v) is 10.3. The smallest absolute Gasteiger partial charge is 0.426 e. The van der Waals surface area contributed by atoms with Crippen LogP contribution in [0.3, 0.4) is 0 Å². The molecule has 0 aromatic heterocycles. The van der Waals surface area contributed by atoms with Crippen molar-refractivity contribution in [1.29, 1.82) is 0 Å². The fourth-order valence-electron chi connectivity index (χ4n) is 3.23. The summed E-state index contributed by atoms with van der Waals surface area (Å²) in [5, 5.41) is 0. The van der Waals surface area contributed by atoms with Gasteiger partial charge in [0.15, 0.2) is 17.5 Å². The summed E-state index contributed by atoms with van der Waals surface area (Å²) in [5.41, 5.74) is -0.601. The van der Waals surface area contributed by atoms with Crippen molar-refractivity contribution < 1.29 is 41.0 Å². The van der Waals surface area contributed by atoms with Crippen LogP contribution in [0.15, 0.2) is 36.4 Å². The number of halogens is 5. The highest BCUT2D eigenvalue weighted by Crippen LogP contribution is 2.33. The molecule has 2 atom stereocenters. The zero-order chi connectivity index (χ0) is 23.3. The Hall–Kier alpha value is -2.68. The Kier molecular flexibility index (Phi) is 7.71. The van der Waals surface area contributed by atoms with Crippen LogP contribution in [0.2, 0.25) is 0 Å². The van der Waals surface area contributed by atoms with Crippen LogP contribution >= 0.6 is 0 Å². The van der Waals surface area contributed by atoms with Gasteiger partial charge in [-0.1, -0.05) is 26.2 Å². The summed E-state index contributed by atoms with van der Waals surface area (Å²) in [6, 6.07) is 4.79. The molecule has 1 saturated heterocycles. The third-order valence-electron chi connectivity index (χ3n) is 5.15. The highest BCUT2D eigenvalue weighted by atomic mass is 19.3. The predicted molar refractivity (Wildman–Crippen MR) is 105 cm³/mol. The third kappa shape index (κ3) is 6.18. The van der Waals surface area contributed by atoms with Crippen molar-refractivity contribution in [1.82, 2.24) is 0 Å². The van der Waals surface area contributed by atoms with E-state index in [4.69, 9.17) is 9.47 Å². The number of epoxide rings is 1. The topological polar surface area (TPSA) is 48.1 Å². The van der Waals surface area contributed by atoms with E-state index >= 15 is 0 Å². The largest absolute Gasteiger partial charge is 0.462 e. The molecule has 2 aromatic rings. The molecule has 3 rings (SSSR count). The molecule has 0 saturated carbocycles. The molecule has 0 bridgehead atoms. The van der Waals surface area contributed by atoms with Crippen molar-refractivity contribution in [2.75, 3.05) is 13.2 Å². The third-order valence-corrected chi connectivity index (χ3v) is 5.15. The zero-order valence-electron chi connectivity index (χ0n) is 17.4. The van der Waals surface area contributed by atoms with Crippen molar-refractivity contribution in [3.8, 4) is 5.75 Å². The van der Waals surface area contributed by atoms with Gasteiger partial charge in [0.2, 0.25) is 0 Å². The first-order chi connectivity index (χ1) is 15.2. The number of hydrogen-bond donors (Lipinski definition) is 0. The Labute approximate surface area is 182 Å². The maximum atomic E-state index is 14.3. The van der Waals surface area contributed by atoms with E-state index < -0.39 is 40.8 Å². The number of unbranched alkanes of at least 4 members (excludes halogenated alkanes) is 2. The maximum absolute atomic E-state index is 14.3. The van der Waals surface area contributed by atoms with Gasteiger partial charge < -0.3 is 14.2 Å². The molecule has 1 fully saturated rings. The van der Waals surface area contributed by atoms with Crippen LogP contribution in [0.5, 0.6) is 5.75 Å². The molecule has 9 heteroatoms. The molecular formula is C23H23F5O4. The van der Waals surface area contributed by atoms with E-state index in [1.165, 1.54) is 0 Å². The number of ether oxygens (including phenoxy) is 3. The van der Waals surface area contributed by atoms with Gasteiger partial charge in [-0.3, -0.25) is 0 Å². The monoisotopic (exact) mass is 458 g/mol. The Bertz CT molecular complexity index is 905. The molecule has 2 unspecified atom stereocenters. The van der Waals surface area contributed by atoms with E-state index in [1.54, 1.807) is 0 Å². The quantitative estimate of drug-likeness (QED) is 0.137. The van der Waals surface area contributed by atoms with Crippen molar-refractivity contribution in [2.45, 2.75) is 44.8 Å². The Morgan fingerprint density at radius 1 is 1.12 bits per heavy atom. The summed E-state index contributed by atoms with van der Waals surface area (Å²) < 4.78 is 83.1. The average molecular weight is 458 g/mol. The molecule has 0 radical (unpaired) electrons. The molecule has 0 aliphatic carbocycles. The standard InChI is InChI=1S/C23H23F5O4/c1-2-3-4-5-15(20-13-30-20)12-31-22(29)14-6-8-16(9-7-14)23(27,28)32-17-10-18(24)21(26)19(25)11-17/h6-11,15,20H,2-5,12-13H2,1H3. The maximum Gasteiger partial charge on any atom is 0.426 e. The van der Waals surface area contributed by atoms with E-state index in [0.717, 1.165) is 49.9 Å². The number of hydrogen-bond acceptors (Lipinski definition) is 4. The molecule has 1 heterocycles. The van der Waals surface area contributed by atoms with Crippen LogP contribution in [0, 0.1) is 23.4 Å². The Morgan fingerprint density at radius 3 is 2.31 bits per heavy atom. The summed E-state index contributed by atoms with van der Waals surface area (Å²) in [6.45, 7) is 2.91. The number of rotatable bonds is 11.